The predicted octanol–water partition coefficient (Wildman–Crippen LogP) is 1.62. The second-order valence-corrected chi connectivity index (χ2v) is 3.16. The Morgan fingerprint density at radius 3 is 3.06 bits per heavy atom. The summed E-state index contributed by atoms with van der Waals surface area (Å²) < 4.78 is 10.2. The standard InChI is InChI=1S/C10H8N4O2/c1-15-10-11-5-6-8(14-10)13-9(12-6)7-3-2-4-16-7/h2-5H,1H3,(H,11,12,13,14). The van der Waals surface area contributed by atoms with E-state index in [1.54, 1.807) is 18.5 Å². The van der Waals surface area contributed by atoms with Gasteiger partial charge in [-0.15, -0.1) is 0 Å². The summed E-state index contributed by atoms with van der Waals surface area (Å²) in [5, 5.41) is 0. The predicted molar refractivity (Wildman–Crippen MR) is 55.9 cm³/mol. The zero-order valence-corrected chi connectivity index (χ0v) is 8.47. The molecule has 0 aromatic carbocycles. The molecule has 16 heavy (non-hydrogen) atoms. The Balaban J connectivity index is 2.16. The lowest BCUT2D eigenvalue weighted by molar-refractivity contribution is 0.381. The lowest BCUT2D eigenvalue weighted by Crippen LogP contribution is -1.90. The molecule has 0 unspecified atom stereocenters. The molecule has 0 aliphatic heterocycles. The van der Waals surface area contributed by atoms with Crippen LogP contribution in [-0.2, 0) is 0 Å². The Morgan fingerprint density at radius 1 is 1.38 bits per heavy atom. The number of hydrogen-bond donors (Lipinski definition) is 1. The van der Waals surface area contributed by atoms with Gasteiger partial charge in [0.25, 0.3) is 0 Å². The van der Waals surface area contributed by atoms with Gasteiger partial charge < -0.3 is 14.1 Å². The monoisotopic (exact) mass is 216 g/mol. The van der Waals surface area contributed by atoms with Crippen LogP contribution in [0.2, 0.25) is 0 Å². The number of methoxy groups -OCH3 is 1. The fourth-order valence-electron chi connectivity index (χ4n) is 1.42. The van der Waals surface area contributed by atoms with Crippen molar-refractivity contribution >= 4 is 11.2 Å². The van der Waals surface area contributed by atoms with Gasteiger partial charge in [-0.2, -0.15) is 4.98 Å². The third-order valence-corrected chi connectivity index (χ3v) is 2.15. The minimum absolute atomic E-state index is 0.296. The molecule has 6 heteroatoms. The highest BCUT2D eigenvalue weighted by atomic mass is 16.5. The third-order valence-electron chi connectivity index (χ3n) is 2.15. The van der Waals surface area contributed by atoms with Gasteiger partial charge in [0.15, 0.2) is 17.2 Å². The van der Waals surface area contributed by atoms with Crippen molar-refractivity contribution in [3.63, 3.8) is 0 Å². The van der Waals surface area contributed by atoms with Gasteiger partial charge in [0, 0.05) is 0 Å². The van der Waals surface area contributed by atoms with Crippen LogP contribution in [0.25, 0.3) is 22.7 Å². The Labute approximate surface area is 90.3 Å². The molecule has 0 fully saturated rings. The third kappa shape index (κ3) is 1.31. The molecular weight excluding hydrogens is 208 g/mol. The summed E-state index contributed by atoms with van der Waals surface area (Å²) in [5.41, 5.74) is 1.30. The minimum Gasteiger partial charge on any atom is -0.467 e. The van der Waals surface area contributed by atoms with Crippen LogP contribution in [0.3, 0.4) is 0 Å². The van der Waals surface area contributed by atoms with Crippen LogP contribution in [0, 0.1) is 0 Å². The molecule has 6 nitrogen and oxygen atoms in total. The Hall–Kier alpha value is -2.37. The van der Waals surface area contributed by atoms with Gasteiger partial charge in [0.05, 0.1) is 19.6 Å². The van der Waals surface area contributed by atoms with E-state index in [-0.39, 0.29) is 0 Å². The molecule has 1 N–H and O–H groups in total. The number of hydrogen-bond acceptors (Lipinski definition) is 5. The number of nitrogens with one attached hydrogen (secondary N) is 1. The van der Waals surface area contributed by atoms with Crippen molar-refractivity contribution in [1.29, 1.82) is 0 Å². The Kier molecular flexibility index (Phi) is 1.86. The van der Waals surface area contributed by atoms with Gasteiger partial charge in [-0.05, 0) is 12.1 Å². The normalized spacial score (nSPS) is 10.8. The molecule has 0 radical (unpaired) electrons. The first-order valence-corrected chi connectivity index (χ1v) is 4.67. The lowest BCUT2D eigenvalue weighted by Gasteiger charge is -1.93. The van der Waals surface area contributed by atoms with Gasteiger partial charge in [-0.1, -0.05) is 0 Å². The summed E-state index contributed by atoms with van der Waals surface area (Å²) >= 11 is 0. The van der Waals surface area contributed by atoms with Crippen LogP contribution in [0.4, 0.5) is 0 Å². The maximum absolute atomic E-state index is 5.23. The maximum Gasteiger partial charge on any atom is 0.318 e. The van der Waals surface area contributed by atoms with Gasteiger partial charge in [0.1, 0.15) is 5.52 Å². The van der Waals surface area contributed by atoms with E-state index in [0.29, 0.717) is 23.2 Å². The van der Waals surface area contributed by atoms with Gasteiger partial charge >= 0.3 is 6.01 Å². The van der Waals surface area contributed by atoms with Gasteiger partial charge in [-0.25, -0.2) is 9.97 Å². The average Bonchev–Trinajstić information content (AvgIpc) is 2.96. The number of nitrogens with zero attached hydrogens (tertiary/aromatic N) is 3. The number of ether oxygens (including phenoxy) is 1. The molecule has 3 rings (SSSR count). The average molecular weight is 216 g/mol. The highest BCUT2D eigenvalue weighted by Gasteiger charge is 2.09. The highest BCUT2D eigenvalue weighted by molar-refractivity contribution is 5.73. The number of imidazole rings is 1. The second kappa shape index (κ2) is 3.34. The zero-order valence-electron chi connectivity index (χ0n) is 8.47. The van der Waals surface area contributed by atoms with Crippen molar-refractivity contribution in [1.82, 2.24) is 19.9 Å². The van der Waals surface area contributed by atoms with E-state index in [1.807, 2.05) is 6.07 Å². The summed E-state index contributed by atoms with van der Waals surface area (Å²) in [6.45, 7) is 0. The molecule has 0 bridgehead atoms. The summed E-state index contributed by atoms with van der Waals surface area (Å²) in [6.07, 6.45) is 3.22. The van der Waals surface area contributed by atoms with Crippen LogP contribution in [0.5, 0.6) is 6.01 Å². The van der Waals surface area contributed by atoms with Crippen LogP contribution in [0.1, 0.15) is 0 Å². The largest absolute Gasteiger partial charge is 0.467 e. The van der Waals surface area contributed by atoms with Crippen molar-refractivity contribution in [2.24, 2.45) is 0 Å². The summed E-state index contributed by atoms with van der Waals surface area (Å²) in [4.78, 5) is 15.4. The molecule has 3 heterocycles. The fourth-order valence-corrected chi connectivity index (χ4v) is 1.42. The number of rotatable bonds is 2. The number of H-pyrrole nitrogens is 1. The Morgan fingerprint density at radius 2 is 2.31 bits per heavy atom. The van der Waals surface area contributed by atoms with Crippen molar-refractivity contribution in [3.05, 3.63) is 24.6 Å². The molecule has 0 spiro atoms. The molecule has 0 saturated heterocycles. The summed E-state index contributed by atoms with van der Waals surface area (Å²) in [6, 6.07) is 3.92. The SMILES string of the molecule is COc1ncc2[nH]c(-c3ccco3)nc2n1. The number of aromatic amines is 1. The van der Waals surface area contributed by atoms with Gasteiger partial charge in [-0.3, -0.25) is 0 Å². The molecule has 0 aliphatic rings. The second-order valence-electron chi connectivity index (χ2n) is 3.16. The van der Waals surface area contributed by atoms with Gasteiger partial charge in [0.2, 0.25) is 0 Å². The van der Waals surface area contributed by atoms with E-state index in [0.717, 1.165) is 5.52 Å². The first kappa shape index (κ1) is 8.90. The number of aromatic nitrogens is 4. The molecule has 0 atom stereocenters. The molecular formula is C10H8N4O2. The van der Waals surface area contributed by atoms with E-state index >= 15 is 0 Å². The molecule has 0 saturated carbocycles. The highest BCUT2D eigenvalue weighted by Crippen LogP contribution is 2.19. The topological polar surface area (TPSA) is 76.8 Å². The van der Waals surface area contributed by atoms with E-state index < -0.39 is 0 Å². The molecule has 80 valence electrons. The van der Waals surface area contributed by atoms with Crippen LogP contribution in [-0.4, -0.2) is 27.0 Å². The van der Waals surface area contributed by atoms with Crippen molar-refractivity contribution < 1.29 is 9.15 Å². The Bertz CT molecular complexity index is 615. The minimum atomic E-state index is 0.296. The molecule has 0 amide bonds. The smallest absolute Gasteiger partial charge is 0.318 e. The first-order chi connectivity index (χ1) is 7.86. The van der Waals surface area contributed by atoms with Crippen LogP contribution in [0.15, 0.2) is 29.0 Å². The van der Waals surface area contributed by atoms with E-state index in [4.69, 9.17) is 9.15 Å². The summed E-state index contributed by atoms with van der Waals surface area (Å²) in [5.74, 6) is 1.29. The van der Waals surface area contributed by atoms with E-state index in [2.05, 4.69) is 19.9 Å². The van der Waals surface area contributed by atoms with E-state index in [9.17, 15) is 0 Å². The molecule has 3 aromatic heterocycles. The zero-order chi connectivity index (χ0) is 11.0. The molecule has 3 aromatic rings. The quantitative estimate of drug-likeness (QED) is 0.704. The fraction of sp³-hybridized carbons (Fsp3) is 0.100. The number of furan rings is 1. The first-order valence-electron chi connectivity index (χ1n) is 4.67. The summed E-state index contributed by atoms with van der Waals surface area (Å²) in [7, 11) is 1.52. The maximum atomic E-state index is 5.23. The van der Waals surface area contributed by atoms with Crippen LogP contribution >= 0.6 is 0 Å². The molecule has 0 aliphatic carbocycles. The van der Waals surface area contributed by atoms with Crippen molar-refractivity contribution in [2.45, 2.75) is 0 Å². The number of fused-ring (bicyclic) bond motifs is 1. The van der Waals surface area contributed by atoms with Crippen LogP contribution < -0.4 is 4.74 Å². The van der Waals surface area contributed by atoms with Crippen molar-refractivity contribution in [2.75, 3.05) is 7.11 Å². The van der Waals surface area contributed by atoms with E-state index in [1.165, 1.54) is 7.11 Å². The lowest BCUT2D eigenvalue weighted by atomic mass is 10.4. The van der Waals surface area contributed by atoms with Crippen molar-refractivity contribution in [3.8, 4) is 17.6 Å².